The van der Waals surface area contributed by atoms with Crippen molar-refractivity contribution >= 4 is 11.8 Å². The van der Waals surface area contributed by atoms with E-state index in [9.17, 15) is 0 Å². The molecule has 0 radical (unpaired) electrons. The molecule has 3 heteroatoms. The van der Waals surface area contributed by atoms with Crippen LogP contribution in [0.3, 0.4) is 0 Å². The van der Waals surface area contributed by atoms with Crippen LogP contribution in [0.5, 0.6) is 0 Å². The van der Waals surface area contributed by atoms with Gasteiger partial charge in [-0.05, 0) is 39.5 Å². The van der Waals surface area contributed by atoms with Crippen LogP contribution in [0.15, 0.2) is 0 Å². The predicted molar refractivity (Wildman–Crippen MR) is 64.5 cm³/mol. The molecule has 0 spiro atoms. The first-order valence-electron chi connectivity index (χ1n) is 5.16. The molecule has 0 aromatic carbocycles. The van der Waals surface area contributed by atoms with Gasteiger partial charge in [-0.3, -0.25) is 0 Å². The van der Waals surface area contributed by atoms with E-state index in [2.05, 4.69) is 24.6 Å². The molecule has 0 aliphatic rings. The van der Waals surface area contributed by atoms with Gasteiger partial charge in [-0.1, -0.05) is 6.92 Å². The molecule has 0 aliphatic carbocycles. The lowest BCUT2D eigenvalue weighted by molar-refractivity contribution is 0.426. The van der Waals surface area contributed by atoms with Crippen LogP contribution in [0.4, 0.5) is 0 Å². The SMILES string of the molecule is CSC(C)CNCCCC(C)(C)C#N. The topological polar surface area (TPSA) is 35.8 Å². The maximum Gasteiger partial charge on any atom is 0.0683 e. The summed E-state index contributed by atoms with van der Waals surface area (Å²) in [6.45, 7) is 8.30. The van der Waals surface area contributed by atoms with Gasteiger partial charge in [0.1, 0.15) is 0 Å². The number of rotatable bonds is 7. The van der Waals surface area contributed by atoms with Crippen LogP contribution in [0.1, 0.15) is 33.6 Å². The van der Waals surface area contributed by atoms with Crippen molar-refractivity contribution in [1.29, 1.82) is 5.26 Å². The third-order valence-electron chi connectivity index (χ3n) is 2.29. The standard InChI is InChI=1S/C11H22N2S/c1-10(14-4)8-13-7-5-6-11(2,3)9-12/h10,13H,5-8H2,1-4H3. The van der Waals surface area contributed by atoms with Crippen molar-refractivity contribution in [1.82, 2.24) is 5.32 Å². The van der Waals surface area contributed by atoms with Gasteiger partial charge in [0.2, 0.25) is 0 Å². The fraction of sp³-hybridized carbons (Fsp3) is 0.909. The second-order valence-corrected chi connectivity index (χ2v) is 5.63. The minimum absolute atomic E-state index is 0.160. The van der Waals surface area contributed by atoms with Crippen LogP contribution in [0.2, 0.25) is 0 Å². The van der Waals surface area contributed by atoms with Crippen LogP contribution in [-0.2, 0) is 0 Å². The number of nitriles is 1. The molecule has 0 aromatic heterocycles. The maximum atomic E-state index is 8.80. The van der Waals surface area contributed by atoms with Gasteiger partial charge in [0.05, 0.1) is 11.5 Å². The Hall–Kier alpha value is -0.200. The minimum Gasteiger partial charge on any atom is -0.316 e. The average molecular weight is 214 g/mol. The summed E-state index contributed by atoms with van der Waals surface area (Å²) in [7, 11) is 0. The molecule has 0 aliphatic heterocycles. The van der Waals surface area contributed by atoms with Gasteiger partial charge in [0, 0.05) is 11.8 Å². The Morgan fingerprint density at radius 1 is 1.50 bits per heavy atom. The number of nitrogens with zero attached hydrogens (tertiary/aromatic N) is 1. The lowest BCUT2D eigenvalue weighted by Crippen LogP contribution is -2.24. The Bertz CT molecular complexity index is 184. The van der Waals surface area contributed by atoms with Crippen LogP contribution < -0.4 is 5.32 Å². The molecule has 0 saturated carbocycles. The molecular weight excluding hydrogens is 192 g/mol. The minimum atomic E-state index is -0.160. The van der Waals surface area contributed by atoms with Crippen molar-refractivity contribution in [3.8, 4) is 6.07 Å². The normalized spacial score (nSPS) is 13.6. The number of hydrogen-bond acceptors (Lipinski definition) is 3. The molecule has 0 heterocycles. The Morgan fingerprint density at radius 2 is 2.14 bits per heavy atom. The van der Waals surface area contributed by atoms with E-state index >= 15 is 0 Å². The number of thioether (sulfide) groups is 1. The molecule has 0 amide bonds. The van der Waals surface area contributed by atoms with E-state index < -0.39 is 0 Å². The molecule has 82 valence electrons. The summed E-state index contributed by atoms with van der Waals surface area (Å²) in [5.74, 6) is 0. The molecule has 1 N–H and O–H groups in total. The van der Waals surface area contributed by atoms with Crippen molar-refractivity contribution in [2.75, 3.05) is 19.3 Å². The van der Waals surface area contributed by atoms with E-state index in [1.165, 1.54) is 0 Å². The Balaban J connectivity index is 3.35. The van der Waals surface area contributed by atoms with Crippen molar-refractivity contribution in [2.24, 2.45) is 5.41 Å². The van der Waals surface area contributed by atoms with Gasteiger partial charge in [0.15, 0.2) is 0 Å². The molecule has 0 aromatic rings. The molecule has 1 unspecified atom stereocenters. The van der Waals surface area contributed by atoms with Crippen LogP contribution >= 0.6 is 11.8 Å². The summed E-state index contributed by atoms with van der Waals surface area (Å²) >= 11 is 1.88. The quantitative estimate of drug-likeness (QED) is 0.662. The number of hydrogen-bond donors (Lipinski definition) is 1. The lowest BCUT2D eigenvalue weighted by Gasteiger charge is -2.15. The fourth-order valence-corrected chi connectivity index (χ4v) is 1.38. The molecule has 1 atom stereocenters. The van der Waals surface area contributed by atoms with Crippen LogP contribution in [0.25, 0.3) is 0 Å². The molecule has 0 bridgehead atoms. The van der Waals surface area contributed by atoms with E-state index in [0.717, 1.165) is 25.9 Å². The van der Waals surface area contributed by atoms with Crippen molar-refractivity contribution in [3.05, 3.63) is 0 Å². The second kappa shape index (κ2) is 7.14. The van der Waals surface area contributed by atoms with E-state index in [4.69, 9.17) is 5.26 Å². The molecule has 14 heavy (non-hydrogen) atoms. The van der Waals surface area contributed by atoms with Gasteiger partial charge in [-0.2, -0.15) is 17.0 Å². The predicted octanol–water partition coefficient (Wildman–Crippen LogP) is 2.66. The zero-order valence-electron chi connectivity index (χ0n) is 9.76. The van der Waals surface area contributed by atoms with Crippen molar-refractivity contribution < 1.29 is 0 Å². The van der Waals surface area contributed by atoms with E-state index in [1.807, 2.05) is 25.6 Å². The average Bonchev–Trinajstić information content (AvgIpc) is 2.17. The summed E-state index contributed by atoms with van der Waals surface area (Å²) in [4.78, 5) is 0. The highest BCUT2D eigenvalue weighted by Gasteiger charge is 2.15. The molecular formula is C11H22N2S. The van der Waals surface area contributed by atoms with Gasteiger partial charge < -0.3 is 5.32 Å². The van der Waals surface area contributed by atoms with Crippen molar-refractivity contribution in [3.63, 3.8) is 0 Å². The van der Waals surface area contributed by atoms with Crippen LogP contribution in [0, 0.1) is 16.7 Å². The Morgan fingerprint density at radius 3 is 2.64 bits per heavy atom. The zero-order chi connectivity index (χ0) is 11.0. The van der Waals surface area contributed by atoms with Crippen LogP contribution in [-0.4, -0.2) is 24.6 Å². The first-order valence-corrected chi connectivity index (χ1v) is 6.45. The number of nitrogens with one attached hydrogen (secondary N) is 1. The smallest absolute Gasteiger partial charge is 0.0683 e. The molecule has 0 saturated heterocycles. The lowest BCUT2D eigenvalue weighted by atomic mass is 9.90. The second-order valence-electron chi connectivity index (χ2n) is 4.35. The first kappa shape index (κ1) is 13.8. The highest BCUT2D eigenvalue weighted by Crippen LogP contribution is 2.19. The van der Waals surface area contributed by atoms with Gasteiger partial charge in [-0.25, -0.2) is 0 Å². The summed E-state index contributed by atoms with van der Waals surface area (Å²) in [5, 5.41) is 12.9. The van der Waals surface area contributed by atoms with E-state index in [0.29, 0.717) is 5.25 Å². The maximum absolute atomic E-state index is 8.80. The Kier molecular flexibility index (Phi) is 7.04. The van der Waals surface area contributed by atoms with Crippen molar-refractivity contribution in [2.45, 2.75) is 38.9 Å². The highest BCUT2D eigenvalue weighted by atomic mass is 32.2. The largest absolute Gasteiger partial charge is 0.316 e. The molecule has 0 rings (SSSR count). The van der Waals surface area contributed by atoms with E-state index in [-0.39, 0.29) is 5.41 Å². The van der Waals surface area contributed by atoms with E-state index in [1.54, 1.807) is 0 Å². The van der Waals surface area contributed by atoms with Gasteiger partial charge >= 0.3 is 0 Å². The van der Waals surface area contributed by atoms with Gasteiger partial charge in [0.25, 0.3) is 0 Å². The first-order chi connectivity index (χ1) is 6.52. The molecule has 2 nitrogen and oxygen atoms in total. The summed E-state index contributed by atoms with van der Waals surface area (Å²) in [6.07, 6.45) is 4.19. The summed E-state index contributed by atoms with van der Waals surface area (Å²) in [5.41, 5.74) is -0.160. The summed E-state index contributed by atoms with van der Waals surface area (Å²) < 4.78 is 0. The summed E-state index contributed by atoms with van der Waals surface area (Å²) in [6, 6.07) is 2.32. The monoisotopic (exact) mass is 214 g/mol. The third kappa shape index (κ3) is 7.23. The highest BCUT2D eigenvalue weighted by molar-refractivity contribution is 7.99. The third-order valence-corrected chi connectivity index (χ3v) is 3.26. The Labute approximate surface area is 92.5 Å². The molecule has 0 fully saturated rings. The van der Waals surface area contributed by atoms with Gasteiger partial charge in [-0.15, -0.1) is 0 Å². The fourth-order valence-electron chi connectivity index (χ4n) is 1.10. The zero-order valence-corrected chi connectivity index (χ0v) is 10.6.